The first-order chi connectivity index (χ1) is 14.7. The van der Waals surface area contributed by atoms with Crippen LogP contribution < -0.4 is 10.6 Å². The number of anilines is 1. The van der Waals surface area contributed by atoms with Crippen LogP contribution in [0.4, 0.5) is 18.9 Å². The molecule has 3 rings (SSSR count). The van der Waals surface area contributed by atoms with Crippen molar-refractivity contribution in [3.63, 3.8) is 0 Å². The molecule has 0 spiro atoms. The number of amides is 2. The number of rotatable bonds is 5. The molecule has 0 saturated heterocycles. The van der Waals surface area contributed by atoms with E-state index in [1.54, 1.807) is 17.4 Å². The molecule has 2 aromatic rings. The summed E-state index contributed by atoms with van der Waals surface area (Å²) in [5, 5.41) is 4.60. The lowest BCUT2D eigenvalue weighted by atomic mass is 10.1. The highest BCUT2D eigenvalue weighted by Gasteiger charge is 2.67. The normalized spacial score (nSPS) is 19.4. The Morgan fingerprint density at radius 1 is 0.938 bits per heavy atom. The number of halogens is 9. The summed E-state index contributed by atoms with van der Waals surface area (Å²) in [6, 6.07) is 6.84. The summed E-state index contributed by atoms with van der Waals surface area (Å²) < 4.78 is 35.7. The van der Waals surface area contributed by atoms with Crippen LogP contribution in [0.25, 0.3) is 0 Å². The molecule has 2 N–H and O–H groups in total. The maximum absolute atomic E-state index is 12.8. The van der Waals surface area contributed by atoms with Crippen LogP contribution in [0.1, 0.15) is 21.8 Å². The minimum Gasteiger partial charge on any atom is -0.343 e. The monoisotopic (exact) mass is 566 g/mol. The summed E-state index contributed by atoms with van der Waals surface area (Å²) in [6.45, 7) is -1.56. The fourth-order valence-electron chi connectivity index (χ4n) is 3.13. The van der Waals surface area contributed by atoms with Crippen molar-refractivity contribution in [1.29, 1.82) is 0 Å². The van der Waals surface area contributed by atoms with Crippen molar-refractivity contribution in [1.82, 2.24) is 5.32 Å². The van der Waals surface area contributed by atoms with Gasteiger partial charge in [-0.15, -0.1) is 23.2 Å². The van der Waals surface area contributed by atoms with Crippen molar-refractivity contribution in [2.24, 2.45) is 5.92 Å². The van der Waals surface area contributed by atoms with Crippen LogP contribution in [0.3, 0.4) is 0 Å². The van der Waals surface area contributed by atoms with Gasteiger partial charge in [0, 0.05) is 16.0 Å². The highest BCUT2D eigenvalue weighted by molar-refractivity contribution is 6.53. The average molecular weight is 569 g/mol. The number of hydrogen-bond acceptors (Lipinski definition) is 2. The van der Waals surface area contributed by atoms with E-state index in [1.807, 2.05) is 0 Å². The molecule has 1 aliphatic carbocycles. The Balaban J connectivity index is 1.81. The van der Waals surface area contributed by atoms with Gasteiger partial charge in [-0.2, -0.15) is 13.2 Å². The summed E-state index contributed by atoms with van der Waals surface area (Å²) in [4.78, 5) is 24.9. The van der Waals surface area contributed by atoms with Gasteiger partial charge in [-0.3, -0.25) is 9.59 Å². The second-order valence-electron chi connectivity index (χ2n) is 6.93. The molecule has 2 atom stereocenters. The molecular weight excluding hydrogens is 558 g/mol. The van der Waals surface area contributed by atoms with E-state index in [0.717, 1.165) is 12.1 Å². The molecule has 13 heteroatoms. The first-order valence-corrected chi connectivity index (χ1v) is 11.0. The Morgan fingerprint density at radius 2 is 1.53 bits per heavy atom. The average Bonchev–Trinajstić information content (AvgIpc) is 3.23. The third kappa shape index (κ3) is 5.69. The highest BCUT2D eigenvalue weighted by atomic mass is 35.5. The van der Waals surface area contributed by atoms with Crippen molar-refractivity contribution in [2.75, 3.05) is 11.9 Å². The predicted molar refractivity (Wildman–Crippen MR) is 121 cm³/mol. The van der Waals surface area contributed by atoms with Crippen molar-refractivity contribution >= 4 is 87.1 Å². The van der Waals surface area contributed by atoms with Gasteiger partial charge in [-0.05, 0) is 35.9 Å². The van der Waals surface area contributed by atoms with E-state index in [-0.39, 0.29) is 21.3 Å². The quantitative estimate of drug-likeness (QED) is 0.377. The number of hydrogen-bond donors (Lipinski definition) is 2. The minimum atomic E-state index is -4.61. The summed E-state index contributed by atoms with van der Waals surface area (Å²) in [7, 11) is 0. The molecule has 2 aromatic carbocycles. The van der Waals surface area contributed by atoms with Gasteiger partial charge in [0.15, 0.2) is 0 Å². The maximum atomic E-state index is 12.8. The van der Waals surface area contributed by atoms with Crippen molar-refractivity contribution in [3.05, 3.63) is 61.5 Å². The van der Waals surface area contributed by atoms with Crippen LogP contribution in [0.5, 0.6) is 0 Å². The molecule has 0 radical (unpaired) electrons. The summed E-state index contributed by atoms with van der Waals surface area (Å²) in [5.74, 6) is -3.29. The van der Waals surface area contributed by atoms with Crippen LogP contribution in [0.15, 0.2) is 30.3 Å². The molecule has 1 aliphatic rings. The largest absolute Gasteiger partial charge is 0.405 e. The van der Waals surface area contributed by atoms with Crippen molar-refractivity contribution < 1.29 is 22.8 Å². The molecule has 0 aromatic heterocycles. The van der Waals surface area contributed by atoms with E-state index in [2.05, 4.69) is 5.32 Å². The zero-order valence-corrected chi connectivity index (χ0v) is 20.0. The van der Waals surface area contributed by atoms with Gasteiger partial charge < -0.3 is 10.6 Å². The van der Waals surface area contributed by atoms with Gasteiger partial charge >= 0.3 is 6.18 Å². The first-order valence-electron chi connectivity index (χ1n) is 8.69. The van der Waals surface area contributed by atoms with Gasteiger partial charge in [-0.25, -0.2) is 0 Å². The third-order valence-corrected chi connectivity index (χ3v) is 6.59. The smallest absolute Gasteiger partial charge is 0.343 e. The molecule has 0 bridgehead atoms. The minimum absolute atomic E-state index is 0.0477. The summed E-state index contributed by atoms with van der Waals surface area (Å²) >= 11 is 36.6. The molecule has 172 valence electrons. The van der Waals surface area contributed by atoms with E-state index in [1.165, 1.54) is 6.07 Å². The molecule has 0 heterocycles. The molecule has 32 heavy (non-hydrogen) atoms. The van der Waals surface area contributed by atoms with Crippen LogP contribution in [0.2, 0.25) is 20.1 Å². The van der Waals surface area contributed by atoms with E-state index in [4.69, 9.17) is 69.6 Å². The summed E-state index contributed by atoms with van der Waals surface area (Å²) in [5.41, 5.74) is 0.173. The first kappa shape index (κ1) is 25.5. The van der Waals surface area contributed by atoms with Crippen LogP contribution >= 0.6 is 69.6 Å². The second kappa shape index (κ2) is 9.28. The Kier molecular flexibility index (Phi) is 7.40. The molecule has 4 nitrogen and oxygen atoms in total. The molecular formula is C19H11Cl6F3N2O2. The Morgan fingerprint density at radius 3 is 2.09 bits per heavy atom. The number of nitrogens with one attached hydrogen (secondary N) is 2. The molecule has 1 saturated carbocycles. The van der Waals surface area contributed by atoms with Crippen LogP contribution in [-0.4, -0.2) is 28.9 Å². The zero-order valence-electron chi connectivity index (χ0n) is 15.5. The SMILES string of the molecule is O=C(NCC(F)(F)F)c1cc(NC(=O)C2C(c3cc(Cl)cc(Cl)c3)C2(Cl)Cl)c(Cl)cc1Cl. The Bertz CT molecular complexity index is 1070. The summed E-state index contributed by atoms with van der Waals surface area (Å²) in [6.07, 6.45) is -4.61. The van der Waals surface area contributed by atoms with Crippen LogP contribution in [0, 0.1) is 5.92 Å². The van der Waals surface area contributed by atoms with Crippen molar-refractivity contribution in [2.45, 2.75) is 16.4 Å². The molecule has 2 unspecified atom stereocenters. The van der Waals surface area contributed by atoms with E-state index in [0.29, 0.717) is 15.6 Å². The lowest BCUT2D eigenvalue weighted by molar-refractivity contribution is -0.123. The maximum Gasteiger partial charge on any atom is 0.405 e. The number of benzene rings is 2. The number of carbonyl (C=O) groups is 2. The standard InChI is InChI=1S/C19H11Cl6F3N2O2/c20-8-1-7(2-9(21)3-8)14-15(19(14,24)25)17(32)30-13-4-10(11(22)5-12(13)23)16(31)29-6-18(26,27)28/h1-5,14-15H,6H2,(H,29,31)(H,30,32). The lowest BCUT2D eigenvalue weighted by Crippen LogP contribution is -2.33. The second-order valence-corrected chi connectivity index (χ2v) is 10.1. The van der Waals surface area contributed by atoms with Gasteiger partial charge in [0.1, 0.15) is 10.9 Å². The van der Waals surface area contributed by atoms with Gasteiger partial charge in [0.2, 0.25) is 5.91 Å². The Labute approximate surface area is 210 Å². The molecule has 0 aliphatic heterocycles. The lowest BCUT2D eigenvalue weighted by Gasteiger charge is -2.13. The fraction of sp³-hybridized carbons (Fsp3) is 0.263. The van der Waals surface area contributed by atoms with Crippen molar-refractivity contribution in [3.8, 4) is 0 Å². The predicted octanol–water partition coefficient (Wildman–Crippen LogP) is 7.12. The molecule has 1 fully saturated rings. The Hall–Kier alpha value is -1.09. The fourth-order valence-corrected chi connectivity index (χ4v) is 5.01. The third-order valence-electron chi connectivity index (χ3n) is 4.59. The zero-order chi connectivity index (χ0) is 24.0. The van der Waals surface area contributed by atoms with E-state index in [9.17, 15) is 22.8 Å². The van der Waals surface area contributed by atoms with E-state index >= 15 is 0 Å². The van der Waals surface area contributed by atoms with Gasteiger partial charge in [-0.1, -0.05) is 46.4 Å². The highest BCUT2D eigenvalue weighted by Crippen LogP contribution is 2.65. The number of alkyl halides is 5. The topological polar surface area (TPSA) is 58.2 Å². The van der Waals surface area contributed by atoms with Gasteiger partial charge in [0.05, 0.1) is 27.2 Å². The van der Waals surface area contributed by atoms with Gasteiger partial charge in [0.25, 0.3) is 5.91 Å². The number of carbonyl (C=O) groups excluding carboxylic acids is 2. The van der Waals surface area contributed by atoms with E-state index < -0.39 is 40.7 Å². The van der Waals surface area contributed by atoms with Crippen LogP contribution in [-0.2, 0) is 4.79 Å². The molecule has 2 amide bonds.